The minimum Gasteiger partial charge on any atom is -0.441 e. The summed E-state index contributed by atoms with van der Waals surface area (Å²) in [5, 5.41) is 1.21. The van der Waals surface area contributed by atoms with Crippen LogP contribution >= 0.6 is 0 Å². The highest BCUT2D eigenvalue weighted by atomic mass is 32.2. The lowest BCUT2D eigenvalue weighted by Crippen LogP contribution is -2.49. The van der Waals surface area contributed by atoms with Gasteiger partial charge in [0, 0.05) is 50.2 Å². The number of unbranched alkanes of at least 4 members (excludes halogenated alkanes) is 3. The molecule has 27 heavy (non-hydrogen) atoms. The van der Waals surface area contributed by atoms with Crippen molar-refractivity contribution in [2.75, 3.05) is 31.9 Å². The van der Waals surface area contributed by atoms with Crippen LogP contribution < -0.4 is 0 Å². The molecule has 0 N–H and O–H groups in total. The van der Waals surface area contributed by atoms with Crippen molar-refractivity contribution in [3.8, 4) is 0 Å². The van der Waals surface area contributed by atoms with Crippen LogP contribution in [0.3, 0.4) is 0 Å². The van der Waals surface area contributed by atoms with Gasteiger partial charge in [-0.25, -0.2) is 13.2 Å². The van der Waals surface area contributed by atoms with Gasteiger partial charge >= 0.3 is 6.09 Å². The number of piperidine rings is 1. The molecule has 0 saturated carbocycles. The fraction of sp³-hybridized carbons (Fsp3) is 0.789. The van der Waals surface area contributed by atoms with Crippen molar-refractivity contribution in [1.82, 2.24) is 9.80 Å². The molecular weight excluding hydrogens is 368 g/mol. The summed E-state index contributed by atoms with van der Waals surface area (Å²) in [7, 11) is -3.13. The van der Waals surface area contributed by atoms with Crippen LogP contribution in [0.2, 0.25) is 0 Å². The number of rotatable bonds is 7. The van der Waals surface area contributed by atoms with Crippen molar-refractivity contribution in [2.45, 2.75) is 57.5 Å². The summed E-state index contributed by atoms with van der Waals surface area (Å²) in [6.07, 6.45) is 7.39. The van der Waals surface area contributed by atoms with Crippen LogP contribution in [0.5, 0.6) is 0 Å². The second-order valence-corrected chi connectivity index (χ2v) is 9.97. The van der Waals surface area contributed by atoms with Gasteiger partial charge in [-0.05, 0) is 6.42 Å². The van der Waals surface area contributed by atoms with Crippen LogP contribution in [0, 0.1) is 5.92 Å². The number of ether oxygens (including phenoxy) is 1. The number of sulfone groups is 1. The Morgan fingerprint density at radius 3 is 2.63 bits per heavy atom. The van der Waals surface area contributed by atoms with Crippen molar-refractivity contribution < 1.29 is 22.7 Å². The molecule has 1 spiro atoms. The van der Waals surface area contributed by atoms with E-state index in [4.69, 9.17) is 4.74 Å². The van der Waals surface area contributed by atoms with Gasteiger partial charge in [0.2, 0.25) is 5.91 Å². The van der Waals surface area contributed by atoms with Crippen LogP contribution in [0.4, 0.5) is 4.79 Å². The summed E-state index contributed by atoms with van der Waals surface area (Å²) in [6.45, 7) is 4.63. The van der Waals surface area contributed by atoms with E-state index in [1.165, 1.54) is 18.2 Å². The van der Waals surface area contributed by atoms with Gasteiger partial charge in [0.25, 0.3) is 0 Å². The topological polar surface area (TPSA) is 84.0 Å². The lowest BCUT2D eigenvalue weighted by atomic mass is 9.91. The predicted octanol–water partition coefficient (Wildman–Crippen LogP) is 2.33. The highest BCUT2D eigenvalue weighted by Gasteiger charge is 2.47. The van der Waals surface area contributed by atoms with Gasteiger partial charge in [-0.1, -0.05) is 32.3 Å². The minimum atomic E-state index is -3.13. The standard InChI is InChI=1S/C19H30N2O5S/c1-2-3-4-5-9-21-15-19(26-18(21)23)7-10-20(11-8-19)17(22)13-16-6-12-27(24,25)14-16/h6,12,16H,2-5,7-11,13-15H2,1H3. The lowest BCUT2D eigenvalue weighted by Gasteiger charge is -2.37. The van der Waals surface area contributed by atoms with Crippen LogP contribution in [0.1, 0.15) is 51.9 Å². The van der Waals surface area contributed by atoms with Gasteiger partial charge in [-0.3, -0.25) is 4.79 Å². The molecule has 3 rings (SSSR count). The third-order valence-corrected chi connectivity index (χ3v) is 7.26. The van der Waals surface area contributed by atoms with E-state index in [1.807, 2.05) is 0 Å². The first kappa shape index (κ1) is 20.2. The second kappa shape index (κ2) is 8.20. The zero-order valence-electron chi connectivity index (χ0n) is 16.1. The summed E-state index contributed by atoms with van der Waals surface area (Å²) >= 11 is 0. The van der Waals surface area contributed by atoms with E-state index >= 15 is 0 Å². The smallest absolute Gasteiger partial charge is 0.410 e. The Kier molecular flexibility index (Phi) is 6.13. The van der Waals surface area contributed by atoms with Crippen LogP contribution in [-0.2, 0) is 19.4 Å². The molecule has 0 bridgehead atoms. The van der Waals surface area contributed by atoms with Crippen molar-refractivity contribution in [3.63, 3.8) is 0 Å². The first-order chi connectivity index (χ1) is 12.8. The van der Waals surface area contributed by atoms with E-state index in [0.29, 0.717) is 32.5 Å². The average molecular weight is 399 g/mol. The molecule has 2 saturated heterocycles. The Balaban J connectivity index is 1.45. The number of allylic oxidation sites excluding steroid dienone is 1. The van der Waals surface area contributed by atoms with Crippen LogP contribution in [0.15, 0.2) is 11.5 Å². The monoisotopic (exact) mass is 398 g/mol. The molecule has 0 aromatic carbocycles. The summed E-state index contributed by atoms with van der Waals surface area (Å²) < 4.78 is 28.7. The maximum absolute atomic E-state index is 12.5. The molecule has 3 aliphatic rings. The van der Waals surface area contributed by atoms with E-state index < -0.39 is 15.4 Å². The van der Waals surface area contributed by atoms with Crippen molar-refractivity contribution in [2.24, 2.45) is 5.92 Å². The highest BCUT2D eigenvalue weighted by molar-refractivity contribution is 7.94. The number of likely N-dealkylation sites (tertiary alicyclic amines) is 1. The molecule has 1 atom stereocenters. The predicted molar refractivity (Wildman–Crippen MR) is 102 cm³/mol. The second-order valence-electron chi connectivity index (χ2n) is 8.04. The number of amides is 2. The molecule has 3 heterocycles. The number of hydrogen-bond donors (Lipinski definition) is 0. The maximum Gasteiger partial charge on any atom is 0.410 e. The summed E-state index contributed by atoms with van der Waals surface area (Å²) in [4.78, 5) is 28.2. The summed E-state index contributed by atoms with van der Waals surface area (Å²) in [6, 6.07) is 0. The molecule has 0 aliphatic carbocycles. The SMILES string of the molecule is CCCCCCN1CC2(CCN(C(=O)CC3C=CS(=O)(=O)C3)CC2)OC1=O. The van der Waals surface area contributed by atoms with Gasteiger partial charge < -0.3 is 14.5 Å². The molecule has 152 valence electrons. The minimum absolute atomic E-state index is 0.0163. The molecule has 7 nitrogen and oxygen atoms in total. The highest BCUT2D eigenvalue weighted by Crippen LogP contribution is 2.34. The van der Waals surface area contributed by atoms with Gasteiger partial charge in [-0.2, -0.15) is 0 Å². The van der Waals surface area contributed by atoms with Crippen molar-refractivity contribution in [1.29, 1.82) is 0 Å². The number of carbonyl (C=O) groups excluding carboxylic acids is 2. The van der Waals surface area contributed by atoms with Crippen molar-refractivity contribution in [3.05, 3.63) is 11.5 Å². The maximum atomic E-state index is 12.5. The lowest BCUT2D eigenvalue weighted by molar-refractivity contribution is -0.135. The van der Waals surface area contributed by atoms with E-state index in [0.717, 1.165) is 19.4 Å². The molecular formula is C19H30N2O5S. The molecule has 8 heteroatoms. The summed E-state index contributed by atoms with van der Waals surface area (Å²) in [5.74, 6) is -0.208. The van der Waals surface area contributed by atoms with E-state index in [9.17, 15) is 18.0 Å². The number of carbonyl (C=O) groups is 2. The number of nitrogens with zero attached hydrogens (tertiary/aromatic N) is 2. The molecule has 2 amide bonds. The fourth-order valence-corrected chi connectivity index (χ4v) is 5.54. The third kappa shape index (κ3) is 5.03. The van der Waals surface area contributed by atoms with Gasteiger partial charge in [0.05, 0.1) is 12.3 Å². The quantitative estimate of drug-likeness (QED) is 0.615. The van der Waals surface area contributed by atoms with E-state index in [2.05, 4.69) is 6.92 Å². The Labute approximate surface area is 161 Å². The third-order valence-electron chi connectivity index (χ3n) is 5.79. The zero-order chi connectivity index (χ0) is 19.5. The summed E-state index contributed by atoms with van der Waals surface area (Å²) in [5.41, 5.74) is -0.463. The van der Waals surface area contributed by atoms with Gasteiger partial charge in [0.1, 0.15) is 5.60 Å². The first-order valence-electron chi connectivity index (χ1n) is 9.99. The first-order valence-corrected chi connectivity index (χ1v) is 11.7. The Morgan fingerprint density at radius 2 is 2.00 bits per heavy atom. The number of hydrogen-bond acceptors (Lipinski definition) is 5. The van der Waals surface area contributed by atoms with Gasteiger partial charge in [0.15, 0.2) is 9.84 Å². The normalized spacial score (nSPS) is 26.0. The van der Waals surface area contributed by atoms with E-state index in [-0.39, 0.29) is 30.1 Å². The van der Waals surface area contributed by atoms with Crippen LogP contribution in [-0.4, -0.2) is 67.8 Å². The average Bonchev–Trinajstić information content (AvgIpc) is 3.11. The Morgan fingerprint density at radius 1 is 1.26 bits per heavy atom. The Hall–Kier alpha value is -1.57. The van der Waals surface area contributed by atoms with Crippen molar-refractivity contribution >= 4 is 21.8 Å². The molecule has 3 aliphatic heterocycles. The molecule has 2 fully saturated rings. The molecule has 1 unspecified atom stereocenters. The van der Waals surface area contributed by atoms with Crippen LogP contribution in [0.25, 0.3) is 0 Å². The zero-order valence-corrected chi connectivity index (χ0v) is 16.9. The molecule has 0 aromatic heterocycles. The largest absolute Gasteiger partial charge is 0.441 e. The van der Waals surface area contributed by atoms with Gasteiger partial charge in [-0.15, -0.1) is 0 Å². The molecule has 0 aromatic rings. The molecule has 0 radical (unpaired) electrons. The Bertz CT molecular complexity index is 695. The fourth-order valence-electron chi connectivity index (χ4n) is 4.14. The van der Waals surface area contributed by atoms with E-state index in [1.54, 1.807) is 15.9 Å².